The van der Waals surface area contributed by atoms with Gasteiger partial charge in [0.15, 0.2) is 5.82 Å². The second-order valence-electron chi connectivity index (χ2n) is 9.29. The topological polar surface area (TPSA) is 84.8 Å². The lowest BCUT2D eigenvalue weighted by atomic mass is 10.1. The van der Waals surface area contributed by atoms with Gasteiger partial charge >= 0.3 is 0 Å². The maximum absolute atomic E-state index is 9.84. The maximum Gasteiger partial charge on any atom is 0.227 e. The molecule has 2 saturated heterocycles. The Morgan fingerprint density at radius 3 is 2.09 bits per heavy atom. The summed E-state index contributed by atoms with van der Waals surface area (Å²) < 4.78 is 0. The second-order valence-corrected chi connectivity index (χ2v) is 9.29. The second kappa shape index (κ2) is 9.54. The van der Waals surface area contributed by atoms with E-state index in [-0.39, 0.29) is 12.1 Å². The Labute approximate surface area is 191 Å². The first kappa shape index (κ1) is 22.7. The van der Waals surface area contributed by atoms with E-state index in [1.807, 2.05) is 18.3 Å². The fourth-order valence-corrected chi connectivity index (χ4v) is 4.78. The van der Waals surface area contributed by atoms with Crippen LogP contribution >= 0.6 is 0 Å². The molecule has 4 heterocycles. The SMILES string of the molecule is CC(C)N1CCN(c2nccc(N3[C@H](C)CN(c4ccnc([C@@H](C)O)n4)C[C@@H]3C)n2)CC1. The monoisotopic (exact) mass is 440 g/mol. The molecule has 0 bridgehead atoms. The number of hydrogen-bond acceptors (Lipinski definition) is 9. The molecule has 0 unspecified atom stereocenters. The molecule has 3 atom stereocenters. The largest absolute Gasteiger partial charge is 0.385 e. The van der Waals surface area contributed by atoms with Crippen LogP contribution in [0, 0.1) is 0 Å². The molecule has 0 spiro atoms. The molecule has 2 aliphatic heterocycles. The Hall–Kier alpha value is -2.52. The molecule has 4 rings (SSSR count). The third-order valence-electron chi connectivity index (χ3n) is 6.50. The average Bonchev–Trinajstić information content (AvgIpc) is 2.79. The lowest BCUT2D eigenvalue weighted by Crippen LogP contribution is -2.57. The molecule has 9 nitrogen and oxygen atoms in total. The quantitative estimate of drug-likeness (QED) is 0.750. The van der Waals surface area contributed by atoms with Gasteiger partial charge in [0, 0.05) is 69.8 Å². The van der Waals surface area contributed by atoms with E-state index in [9.17, 15) is 5.11 Å². The average molecular weight is 441 g/mol. The lowest BCUT2D eigenvalue weighted by molar-refractivity contribution is 0.189. The third kappa shape index (κ3) is 4.78. The van der Waals surface area contributed by atoms with E-state index in [0.29, 0.717) is 11.9 Å². The van der Waals surface area contributed by atoms with Crippen molar-refractivity contribution in [2.24, 2.45) is 0 Å². The highest BCUT2D eigenvalue weighted by Crippen LogP contribution is 2.27. The zero-order valence-corrected chi connectivity index (χ0v) is 19.9. The normalized spacial score (nSPS) is 23.7. The van der Waals surface area contributed by atoms with Gasteiger partial charge < -0.3 is 19.8 Å². The fraction of sp³-hybridized carbons (Fsp3) is 0.652. The highest BCUT2D eigenvalue weighted by molar-refractivity contribution is 5.50. The molecule has 0 amide bonds. The fourth-order valence-electron chi connectivity index (χ4n) is 4.78. The van der Waals surface area contributed by atoms with Crippen molar-refractivity contribution in [3.05, 3.63) is 30.4 Å². The number of anilines is 3. The first-order chi connectivity index (χ1) is 15.3. The molecule has 32 heavy (non-hydrogen) atoms. The minimum atomic E-state index is -0.673. The molecular formula is C23H36N8O. The van der Waals surface area contributed by atoms with Crippen molar-refractivity contribution >= 4 is 17.6 Å². The van der Waals surface area contributed by atoms with E-state index in [4.69, 9.17) is 4.98 Å². The van der Waals surface area contributed by atoms with E-state index in [1.54, 1.807) is 13.1 Å². The van der Waals surface area contributed by atoms with Crippen LogP contribution in [0.4, 0.5) is 17.6 Å². The van der Waals surface area contributed by atoms with Crippen LogP contribution in [0.25, 0.3) is 0 Å². The lowest BCUT2D eigenvalue weighted by Gasteiger charge is -2.45. The minimum absolute atomic E-state index is 0.254. The Balaban J connectivity index is 1.47. The van der Waals surface area contributed by atoms with E-state index >= 15 is 0 Å². The molecule has 1 N–H and O–H groups in total. The predicted molar refractivity (Wildman–Crippen MR) is 127 cm³/mol. The van der Waals surface area contributed by atoms with Gasteiger partial charge in [-0.1, -0.05) is 0 Å². The summed E-state index contributed by atoms with van der Waals surface area (Å²) in [5.74, 6) is 3.13. The van der Waals surface area contributed by atoms with Gasteiger partial charge in [0.25, 0.3) is 0 Å². The van der Waals surface area contributed by atoms with Crippen molar-refractivity contribution < 1.29 is 5.11 Å². The zero-order chi connectivity index (χ0) is 22.8. The van der Waals surface area contributed by atoms with Crippen molar-refractivity contribution in [1.82, 2.24) is 24.8 Å². The number of rotatable bonds is 5. The van der Waals surface area contributed by atoms with E-state index in [1.165, 1.54) is 0 Å². The third-order valence-corrected chi connectivity index (χ3v) is 6.50. The smallest absolute Gasteiger partial charge is 0.227 e. The Kier molecular flexibility index (Phi) is 6.76. The summed E-state index contributed by atoms with van der Waals surface area (Å²) >= 11 is 0. The van der Waals surface area contributed by atoms with Gasteiger partial charge in [-0.15, -0.1) is 0 Å². The van der Waals surface area contributed by atoms with Gasteiger partial charge in [0.1, 0.15) is 17.7 Å². The zero-order valence-electron chi connectivity index (χ0n) is 19.9. The first-order valence-electron chi connectivity index (χ1n) is 11.7. The van der Waals surface area contributed by atoms with Crippen molar-refractivity contribution in [2.45, 2.75) is 58.8 Å². The molecular weight excluding hydrogens is 404 g/mol. The number of aliphatic hydroxyl groups excluding tert-OH is 1. The molecule has 0 radical (unpaired) electrons. The van der Waals surface area contributed by atoms with Gasteiger partial charge in [0.05, 0.1) is 0 Å². The molecule has 0 aliphatic carbocycles. The van der Waals surface area contributed by atoms with Crippen LogP contribution in [0.2, 0.25) is 0 Å². The van der Waals surface area contributed by atoms with Crippen molar-refractivity contribution in [3.63, 3.8) is 0 Å². The van der Waals surface area contributed by atoms with Gasteiger partial charge in [0.2, 0.25) is 5.95 Å². The molecule has 2 aromatic rings. The summed E-state index contributed by atoms with van der Waals surface area (Å²) in [6.07, 6.45) is 2.94. The van der Waals surface area contributed by atoms with Crippen LogP contribution in [-0.2, 0) is 0 Å². The van der Waals surface area contributed by atoms with Gasteiger partial charge in [-0.3, -0.25) is 4.90 Å². The summed E-state index contributed by atoms with van der Waals surface area (Å²) in [4.78, 5) is 27.8. The van der Waals surface area contributed by atoms with E-state index < -0.39 is 6.10 Å². The standard InChI is InChI=1S/C23H36N8O/c1-16(2)28-10-12-29(13-11-28)23-25-9-7-21(27-23)31-17(3)14-30(15-18(31)4)20-6-8-24-22(26-20)19(5)32/h6-9,16-19,32H,10-15H2,1-5H3/t17-,18+,19-/m1/s1. The van der Waals surface area contributed by atoms with Crippen LogP contribution < -0.4 is 14.7 Å². The summed E-state index contributed by atoms with van der Waals surface area (Å²) in [7, 11) is 0. The van der Waals surface area contributed by atoms with Crippen molar-refractivity contribution in [3.8, 4) is 0 Å². The van der Waals surface area contributed by atoms with Gasteiger partial charge in [-0.2, -0.15) is 4.98 Å². The van der Waals surface area contributed by atoms with Crippen LogP contribution in [0.5, 0.6) is 0 Å². The van der Waals surface area contributed by atoms with Crippen LogP contribution in [0.1, 0.15) is 46.5 Å². The molecule has 9 heteroatoms. The van der Waals surface area contributed by atoms with Crippen LogP contribution in [-0.4, -0.2) is 87.3 Å². The number of nitrogens with zero attached hydrogens (tertiary/aromatic N) is 8. The number of hydrogen-bond donors (Lipinski definition) is 1. The molecule has 2 fully saturated rings. The molecule has 174 valence electrons. The molecule has 0 aromatic carbocycles. The highest BCUT2D eigenvalue weighted by atomic mass is 16.3. The first-order valence-corrected chi connectivity index (χ1v) is 11.7. The molecule has 2 aromatic heterocycles. The number of aromatic nitrogens is 4. The Morgan fingerprint density at radius 2 is 1.47 bits per heavy atom. The summed E-state index contributed by atoms with van der Waals surface area (Å²) in [6, 6.07) is 5.02. The van der Waals surface area contributed by atoms with Crippen molar-refractivity contribution in [2.75, 3.05) is 54.0 Å². The Bertz CT molecular complexity index is 887. The highest BCUT2D eigenvalue weighted by Gasteiger charge is 2.32. The van der Waals surface area contributed by atoms with E-state index in [0.717, 1.165) is 56.9 Å². The summed E-state index contributed by atoms with van der Waals surface area (Å²) in [6.45, 7) is 16.3. The predicted octanol–water partition coefficient (Wildman–Crippen LogP) is 1.95. The number of aliphatic hydroxyl groups is 1. The van der Waals surface area contributed by atoms with Gasteiger partial charge in [-0.05, 0) is 46.8 Å². The maximum atomic E-state index is 9.84. The van der Waals surface area contributed by atoms with Crippen molar-refractivity contribution in [1.29, 1.82) is 0 Å². The van der Waals surface area contributed by atoms with E-state index in [2.05, 4.69) is 62.2 Å². The number of piperazine rings is 2. The molecule has 2 aliphatic rings. The minimum Gasteiger partial charge on any atom is -0.385 e. The van der Waals surface area contributed by atoms with Crippen LogP contribution in [0.15, 0.2) is 24.5 Å². The summed E-state index contributed by atoms with van der Waals surface area (Å²) in [5.41, 5.74) is 0. The molecule has 0 saturated carbocycles. The Morgan fingerprint density at radius 1 is 0.844 bits per heavy atom. The summed E-state index contributed by atoms with van der Waals surface area (Å²) in [5, 5.41) is 9.84. The van der Waals surface area contributed by atoms with Gasteiger partial charge in [-0.25, -0.2) is 15.0 Å². The van der Waals surface area contributed by atoms with Crippen LogP contribution in [0.3, 0.4) is 0 Å².